The largest absolute Gasteiger partial charge is 0.395 e. The molecule has 1 aromatic heterocycles. The number of fused-ring (bicyclic) bond motifs is 1. The van der Waals surface area contributed by atoms with Crippen molar-refractivity contribution in [3.63, 3.8) is 0 Å². The van der Waals surface area contributed by atoms with Crippen LogP contribution in [-0.2, 0) is 13.1 Å². The molecule has 0 bridgehead atoms. The molecule has 0 saturated carbocycles. The maximum Gasteiger partial charge on any atom is 0.0556 e. The van der Waals surface area contributed by atoms with Gasteiger partial charge in [0.1, 0.15) is 0 Å². The fourth-order valence-corrected chi connectivity index (χ4v) is 3.20. The molecule has 2 N–H and O–H groups in total. The lowest BCUT2D eigenvalue weighted by Gasteiger charge is -2.08. The highest BCUT2D eigenvalue weighted by Crippen LogP contribution is 2.26. The zero-order valence-corrected chi connectivity index (χ0v) is 14.1. The van der Waals surface area contributed by atoms with Gasteiger partial charge in [0.15, 0.2) is 0 Å². The average Bonchev–Trinajstić information content (AvgIpc) is 2.89. The Morgan fingerprint density at radius 2 is 1.87 bits per heavy atom. The molecule has 3 rings (SSSR count). The van der Waals surface area contributed by atoms with E-state index in [4.69, 9.17) is 28.3 Å². The van der Waals surface area contributed by atoms with Crippen molar-refractivity contribution in [1.82, 2.24) is 9.88 Å². The van der Waals surface area contributed by atoms with E-state index in [1.54, 1.807) is 6.07 Å². The first-order chi connectivity index (χ1) is 11.2. The molecule has 0 atom stereocenters. The molecule has 0 saturated heterocycles. The molecule has 0 aliphatic heterocycles. The van der Waals surface area contributed by atoms with E-state index < -0.39 is 0 Å². The van der Waals surface area contributed by atoms with Crippen LogP contribution in [0.15, 0.2) is 48.7 Å². The second kappa shape index (κ2) is 7.37. The number of benzene rings is 2. The minimum Gasteiger partial charge on any atom is -0.395 e. The number of aliphatic hydroxyl groups excluding tert-OH is 1. The monoisotopic (exact) mass is 348 g/mol. The number of aromatic nitrogens is 1. The SMILES string of the molecule is OCCNCc1cn(Cc2ccc(Cl)cc2Cl)c2ccccc12. The van der Waals surface area contributed by atoms with Crippen molar-refractivity contribution in [1.29, 1.82) is 0 Å². The Bertz CT molecular complexity index is 814. The molecular formula is C18H18Cl2N2O. The van der Waals surface area contributed by atoms with Gasteiger partial charge in [-0.1, -0.05) is 47.5 Å². The van der Waals surface area contributed by atoms with E-state index in [0.717, 1.165) is 12.1 Å². The molecule has 2 aromatic carbocycles. The molecule has 0 amide bonds. The number of aliphatic hydroxyl groups is 1. The number of nitrogens with one attached hydrogen (secondary N) is 1. The van der Waals surface area contributed by atoms with E-state index in [1.807, 2.05) is 24.3 Å². The lowest BCUT2D eigenvalue weighted by molar-refractivity contribution is 0.292. The van der Waals surface area contributed by atoms with Crippen LogP contribution < -0.4 is 5.32 Å². The second-order valence-electron chi connectivity index (χ2n) is 5.44. The van der Waals surface area contributed by atoms with Gasteiger partial charge in [-0.05, 0) is 29.3 Å². The maximum atomic E-state index is 8.92. The van der Waals surface area contributed by atoms with Gasteiger partial charge in [-0.2, -0.15) is 0 Å². The lowest BCUT2D eigenvalue weighted by atomic mass is 10.2. The Labute approximate surface area is 145 Å². The van der Waals surface area contributed by atoms with Crippen LogP contribution in [0.4, 0.5) is 0 Å². The highest BCUT2D eigenvalue weighted by Gasteiger charge is 2.10. The normalized spacial score (nSPS) is 11.3. The van der Waals surface area contributed by atoms with E-state index in [0.29, 0.717) is 23.1 Å². The predicted molar refractivity (Wildman–Crippen MR) is 96.3 cm³/mol. The number of halogens is 2. The van der Waals surface area contributed by atoms with Gasteiger partial charge in [-0.25, -0.2) is 0 Å². The highest BCUT2D eigenvalue weighted by molar-refractivity contribution is 6.35. The summed E-state index contributed by atoms with van der Waals surface area (Å²) in [6, 6.07) is 13.9. The molecular weight excluding hydrogens is 331 g/mol. The van der Waals surface area contributed by atoms with E-state index >= 15 is 0 Å². The van der Waals surface area contributed by atoms with Crippen LogP contribution in [0.25, 0.3) is 10.9 Å². The van der Waals surface area contributed by atoms with Gasteiger partial charge >= 0.3 is 0 Å². The van der Waals surface area contributed by atoms with Crippen LogP contribution in [0, 0.1) is 0 Å². The zero-order chi connectivity index (χ0) is 16.2. The van der Waals surface area contributed by atoms with Gasteiger partial charge in [-0.15, -0.1) is 0 Å². The summed E-state index contributed by atoms with van der Waals surface area (Å²) in [7, 11) is 0. The van der Waals surface area contributed by atoms with Crippen molar-refractivity contribution in [3.8, 4) is 0 Å². The first-order valence-electron chi connectivity index (χ1n) is 7.51. The molecule has 0 fully saturated rings. The van der Waals surface area contributed by atoms with Gasteiger partial charge in [-0.3, -0.25) is 0 Å². The first kappa shape index (κ1) is 16.3. The number of hydrogen-bond donors (Lipinski definition) is 2. The minimum atomic E-state index is 0.138. The Hall–Kier alpha value is -1.52. The summed E-state index contributed by atoms with van der Waals surface area (Å²) in [5.74, 6) is 0. The van der Waals surface area contributed by atoms with Crippen LogP contribution in [0.1, 0.15) is 11.1 Å². The summed E-state index contributed by atoms with van der Waals surface area (Å²) in [5, 5.41) is 14.7. The molecule has 0 radical (unpaired) electrons. The molecule has 0 aliphatic rings. The fraction of sp³-hybridized carbons (Fsp3) is 0.222. The molecule has 120 valence electrons. The minimum absolute atomic E-state index is 0.138. The molecule has 0 aliphatic carbocycles. The Balaban J connectivity index is 1.94. The summed E-state index contributed by atoms with van der Waals surface area (Å²) in [6.07, 6.45) is 2.14. The molecule has 0 spiro atoms. The number of nitrogens with zero attached hydrogens (tertiary/aromatic N) is 1. The van der Waals surface area contributed by atoms with Crippen LogP contribution >= 0.6 is 23.2 Å². The zero-order valence-electron chi connectivity index (χ0n) is 12.6. The summed E-state index contributed by atoms with van der Waals surface area (Å²) in [6.45, 7) is 2.14. The quantitative estimate of drug-likeness (QED) is 0.658. The Kier molecular flexibility index (Phi) is 5.23. The van der Waals surface area contributed by atoms with Gasteiger partial charge in [0.25, 0.3) is 0 Å². The molecule has 5 heteroatoms. The van der Waals surface area contributed by atoms with Crippen LogP contribution in [-0.4, -0.2) is 22.8 Å². The van der Waals surface area contributed by atoms with E-state index in [9.17, 15) is 0 Å². The molecule has 3 nitrogen and oxygen atoms in total. The van der Waals surface area contributed by atoms with Crippen LogP contribution in [0.2, 0.25) is 10.0 Å². The number of para-hydroxylation sites is 1. The van der Waals surface area contributed by atoms with Crippen molar-refractivity contribution in [3.05, 3.63) is 69.8 Å². The molecule has 1 heterocycles. The van der Waals surface area contributed by atoms with Crippen molar-refractivity contribution in [2.24, 2.45) is 0 Å². The van der Waals surface area contributed by atoms with E-state index in [1.165, 1.54) is 16.5 Å². The van der Waals surface area contributed by atoms with Crippen LogP contribution in [0.5, 0.6) is 0 Å². The first-order valence-corrected chi connectivity index (χ1v) is 8.27. The third kappa shape index (κ3) is 3.70. The summed E-state index contributed by atoms with van der Waals surface area (Å²) in [4.78, 5) is 0. The summed E-state index contributed by atoms with van der Waals surface area (Å²) < 4.78 is 2.19. The standard InChI is InChI=1S/C18H18Cl2N2O/c19-15-6-5-13(17(20)9-15)11-22-12-14(10-21-7-8-23)16-3-1-2-4-18(16)22/h1-6,9,12,21,23H,7-8,10-11H2. The van der Waals surface area contributed by atoms with Crippen LogP contribution in [0.3, 0.4) is 0 Å². The predicted octanol–water partition coefficient (Wildman–Crippen LogP) is 4.08. The average molecular weight is 349 g/mol. The smallest absolute Gasteiger partial charge is 0.0556 e. The van der Waals surface area contributed by atoms with Crippen molar-refractivity contribution in [2.45, 2.75) is 13.1 Å². The van der Waals surface area contributed by atoms with E-state index in [-0.39, 0.29) is 6.61 Å². The number of rotatable bonds is 6. The van der Waals surface area contributed by atoms with Crippen molar-refractivity contribution < 1.29 is 5.11 Å². The highest BCUT2D eigenvalue weighted by atomic mass is 35.5. The van der Waals surface area contributed by atoms with Gasteiger partial charge in [0.05, 0.1) is 6.61 Å². The second-order valence-corrected chi connectivity index (χ2v) is 6.28. The fourth-order valence-electron chi connectivity index (χ4n) is 2.73. The Morgan fingerprint density at radius 1 is 1.04 bits per heavy atom. The summed E-state index contributed by atoms with van der Waals surface area (Å²) >= 11 is 12.3. The van der Waals surface area contributed by atoms with Gasteiger partial charge in [0.2, 0.25) is 0 Å². The van der Waals surface area contributed by atoms with Gasteiger partial charge in [0, 0.05) is 46.8 Å². The van der Waals surface area contributed by atoms with Crippen molar-refractivity contribution in [2.75, 3.05) is 13.2 Å². The molecule has 3 aromatic rings. The Morgan fingerprint density at radius 3 is 2.65 bits per heavy atom. The van der Waals surface area contributed by atoms with E-state index in [2.05, 4.69) is 28.2 Å². The third-order valence-corrected chi connectivity index (χ3v) is 4.42. The maximum absolute atomic E-state index is 8.92. The third-order valence-electron chi connectivity index (χ3n) is 3.83. The summed E-state index contributed by atoms with van der Waals surface area (Å²) in [5.41, 5.74) is 3.41. The number of hydrogen-bond acceptors (Lipinski definition) is 2. The van der Waals surface area contributed by atoms with Crippen molar-refractivity contribution >= 4 is 34.1 Å². The molecule has 0 unspecified atom stereocenters. The lowest BCUT2D eigenvalue weighted by Crippen LogP contribution is -2.17. The van der Waals surface area contributed by atoms with Gasteiger partial charge < -0.3 is 15.0 Å². The molecule has 23 heavy (non-hydrogen) atoms. The topological polar surface area (TPSA) is 37.2 Å².